The highest BCUT2D eigenvalue weighted by atomic mass is 35.5. The van der Waals surface area contributed by atoms with Gasteiger partial charge >= 0.3 is 0 Å². The summed E-state index contributed by atoms with van der Waals surface area (Å²) in [5.74, 6) is 1.61. The zero-order valence-electron chi connectivity index (χ0n) is 9.86. The van der Waals surface area contributed by atoms with Crippen LogP contribution in [0.4, 0.5) is 5.82 Å². The Morgan fingerprint density at radius 2 is 2.05 bits per heavy atom. The van der Waals surface area contributed by atoms with E-state index in [1.165, 1.54) is 5.56 Å². The molecule has 96 valence electrons. The molecule has 19 heavy (non-hydrogen) atoms. The van der Waals surface area contributed by atoms with Crippen molar-refractivity contribution in [1.82, 2.24) is 9.97 Å². The van der Waals surface area contributed by atoms with Gasteiger partial charge in [-0.3, -0.25) is 4.98 Å². The average molecular weight is 308 g/mol. The Hall–Kier alpha value is -1.17. The minimum atomic E-state index is 0.140. The van der Waals surface area contributed by atoms with E-state index in [0.29, 0.717) is 0 Å². The molecule has 0 saturated carbocycles. The zero-order chi connectivity index (χ0) is 13.2. The Balaban J connectivity index is 1.97. The molecule has 2 aromatic rings. The van der Waals surface area contributed by atoms with Crippen LogP contribution in [0.2, 0.25) is 5.02 Å². The number of hydrogen-bond donors (Lipinski definition) is 0. The Bertz CT molecular complexity index is 589. The lowest BCUT2D eigenvalue weighted by Gasteiger charge is -2.24. The van der Waals surface area contributed by atoms with Gasteiger partial charge in [0.05, 0.1) is 11.2 Å². The molecule has 3 rings (SSSR count). The van der Waals surface area contributed by atoms with E-state index >= 15 is 0 Å². The summed E-state index contributed by atoms with van der Waals surface area (Å²) in [6.45, 7) is 0. The average Bonchev–Trinajstić information content (AvgIpc) is 2.82. The fourth-order valence-corrected chi connectivity index (χ4v) is 3.73. The molecule has 1 aliphatic heterocycles. The molecule has 0 spiro atoms. The third kappa shape index (κ3) is 2.59. The summed E-state index contributed by atoms with van der Waals surface area (Å²) in [6.07, 6.45) is 5.08. The lowest BCUT2D eigenvalue weighted by molar-refractivity contribution is 0.964. The normalized spacial score (nSPS) is 18.9. The Morgan fingerprint density at radius 3 is 2.74 bits per heavy atom. The summed E-state index contributed by atoms with van der Waals surface area (Å²) in [4.78, 5) is 11.4. The van der Waals surface area contributed by atoms with Gasteiger partial charge in [0, 0.05) is 23.2 Å². The molecule has 0 aliphatic carbocycles. The SMILES string of the molecule is S=C1CSC(c2ccc(Cl)cc2)N1c1cnccn1. The van der Waals surface area contributed by atoms with Crippen LogP contribution < -0.4 is 4.90 Å². The van der Waals surface area contributed by atoms with Crippen molar-refractivity contribution >= 4 is 46.4 Å². The smallest absolute Gasteiger partial charge is 0.153 e. The first-order valence-electron chi connectivity index (χ1n) is 5.71. The van der Waals surface area contributed by atoms with E-state index in [-0.39, 0.29) is 5.37 Å². The predicted molar refractivity (Wildman–Crippen MR) is 83.8 cm³/mol. The first-order chi connectivity index (χ1) is 9.25. The molecule has 2 heterocycles. The molecule has 1 saturated heterocycles. The second-order valence-electron chi connectivity index (χ2n) is 4.04. The molecule has 0 radical (unpaired) electrons. The number of anilines is 1. The number of rotatable bonds is 2. The summed E-state index contributed by atoms with van der Waals surface area (Å²) in [7, 11) is 0. The Labute approximate surface area is 126 Å². The summed E-state index contributed by atoms with van der Waals surface area (Å²) in [5.41, 5.74) is 1.17. The van der Waals surface area contributed by atoms with Gasteiger partial charge < -0.3 is 4.90 Å². The molecule has 1 aliphatic rings. The highest BCUT2D eigenvalue weighted by Crippen LogP contribution is 2.41. The molecule has 0 amide bonds. The summed E-state index contributed by atoms with van der Waals surface area (Å²) in [6, 6.07) is 7.84. The van der Waals surface area contributed by atoms with Crippen LogP contribution in [0.3, 0.4) is 0 Å². The third-order valence-corrected chi connectivity index (χ3v) is 4.83. The summed E-state index contributed by atoms with van der Waals surface area (Å²) in [5, 5.41) is 0.877. The third-order valence-electron chi connectivity index (χ3n) is 2.82. The summed E-state index contributed by atoms with van der Waals surface area (Å²) >= 11 is 13.2. The molecule has 1 aromatic carbocycles. The largest absolute Gasteiger partial charge is 0.302 e. The van der Waals surface area contributed by atoms with Crippen molar-refractivity contribution in [3.05, 3.63) is 53.4 Å². The fourth-order valence-electron chi connectivity index (χ4n) is 1.96. The maximum Gasteiger partial charge on any atom is 0.153 e. The van der Waals surface area contributed by atoms with Crippen LogP contribution in [-0.2, 0) is 0 Å². The zero-order valence-corrected chi connectivity index (χ0v) is 12.3. The minimum absolute atomic E-state index is 0.140. The van der Waals surface area contributed by atoms with Crippen molar-refractivity contribution in [2.75, 3.05) is 10.7 Å². The molecule has 1 unspecified atom stereocenters. The lowest BCUT2D eigenvalue weighted by Crippen LogP contribution is -2.27. The van der Waals surface area contributed by atoms with Gasteiger partial charge in [0.25, 0.3) is 0 Å². The highest BCUT2D eigenvalue weighted by molar-refractivity contribution is 8.02. The number of thiocarbonyl (C=S) groups is 1. The molecule has 0 bridgehead atoms. The van der Waals surface area contributed by atoms with Crippen molar-refractivity contribution < 1.29 is 0 Å². The van der Waals surface area contributed by atoms with E-state index in [1.54, 1.807) is 30.4 Å². The number of halogens is 1. The Morgan fingerprint density at radius 1 is 1.26 bits per heavy atom. The van der Waals surface area contributed by atoms with Gasteiger partial charge in [0.2, 0.25) is 0 Å². The lowest BCUT2D eigenvalue weighted by atomic mass is 10.2. The monoisotopic (exact) mass is 307 g/mol. The maximum absolute atomic E-state index is 5.93. The highest BCUT2D eigenvalue weighted by Gasteiger charge is 2.32. The van der Waals surface area contributed by atoms with Crippen molar-refractivity contribution in [2.45, 2.75) is 5.37 Å². The van der Waals surface area contributed by atoms with E-state index in [2.05, 4.69) is 14.9 Å². The van der Waals surface area contributed by atoms with Gasteiger partial charge in [0.1, 0.15) is 5.37 Å². The van der Waals surface area contributed by atoms with Crippen LogP contribution in [0.1, 0.15) is 10.9 Å². The number of nitrogens with zero attached hydrogens (tertiary/aromatic N) is 3. The second-order valence-corrected chi connectivity index (χ2v) is 6.02. The minimum Gasteiger partial charge on any atom is -0.302 e. The van der Waals surface area contributed by atoms with Crippen molar-refractivity contribution in [1.29, 1.82) is 0 Å². The van der Waals surface area contributed by atoms with Gasteiger partial charge in [-0.05, 0) is 17.7 Å². The molecular formula is C13H10ClN3S2. The van der Waals surface area contributed by atoms with Gasteiger partial charge in [-0.25, -0.2) is 4.98 Å². The van der Waals surface area contributed by atoms with Crippen LogP contribution in [-0.4, -0.2) is 20.7 Å². The Kier molecular flexibility index (Phi) is 3.68. The number of aromatic nitrogens is 2. The molecule has 1 atom stereocenters. The maximum atomic E-state index is 5.93. The molecule has 1 aromatic heterocycles. The number of benzene rings is 1. The van der Waals surface area contributed by atoms with E-state index in [0.717, 1.165) is 21.6 Å². The molecule has 3 nitrogen and oxygen atoms in total. The second kappa shape index (κ2) is 5.45. The van der Waals surface area contributed by atoms with Gasteiger partial charge in [-0.2, -0.15) is 0 Å². The van der Waals surface area contributed by atoms with E-state index in [1.807, 2.05) is 24.3 Å². The quantitative estimate of drug-likeness (QED) is 0.789. The number of hydrogen-bond acceptors (Lipinski definition) is 4. The molecular weight excluding hydrogens is 298 g/mol. The summed E-state index contributed by atoms with van der Waals surface area (Å²) < 4.78 is 0. The van der Waals surface area contributed by atoms with Crippen molar-refractivity contribution in [3.63, 3.8) is 0 Å². The van der Waals surface area contributed by atoms with E-state index in [9.17, 15) is 0 Å². The molecule has 1 fully saturated rings. The van der Waals surface area contributed by atoms with Crippen molar-refractivity contribution in [3.8, 4) is 0 Å². The number of thioether (sulfide) groups is 1. The van der Waals surface area contributed by atoms with Crippen LogP contribution in [0, 0.1) is 0 Å². The standard InChI is InChI=1S/C13H10ClN3S2/c14-10-3-1-9(2-4-10)13-17(12(18)8-19-13)11-7-15-5-6-16-11/h1-7,13H,8H2. The first kappa shape index (κ1) is 12.8. The van der Waals surface area contributed by atoms with E-state index < -0.39 is 0 Å². The van der Waals surface area contributed by atoms with Crippen LogP contribution >= 0.6 is 35.6 Å². The van der Waals surface area contributed by atoms with Gasteiger partial charge in [-0.15, -0.1) is 11.8 Å². The van der Waals surface area contributed by atoms with E-state index in [4.69, 9.17) is 23.8 Å². The predicted octanol–water partition coefficient (Wildman–Crippen LogP) is 3.71. The van der Waals surface area contributed by atoms with Crippen molar-refractivity contribution in [2.24, 2.45) is 0 Å². The first-order valence-corrected chi connectivity index (χ1v) is 7.54. The van der Waals surface area contributed by atoms with Crippen LogP contribution in [0.15, 0.2) is 42.9 Å². The van der Waals surface area contributed by atoms with Crippen LogP contribution in [0.5, 0.6) is 0 Å². The van der Waals surface area contributed by atoms with Gasteiger partial charge in [0.15, 0.2) is 5.82 Å². The van der Waals surface area contributed by atoms with Crippen LogP contribution in [0.25, 0.3) is 0 Å². The van der Waals surface area contributed by atoms with Gasteiger partial charge in [-0.1, -0.05) is 36.0 Å². The fraction of sp³-hybridized carbons (Fsp3) is 0.154. The molecule has 6 heteroatoms. The topological polar surface area (TPSA) is 29.0 Å². The molecule has 0 N–H and O–H groups in total.